The molecule has 1 fully saturated rings. The number of pyridine rings is 1. The fraction of sp³-hybridized carbons (Fsp3) is 0.417. The van der Waals surface area contributed by atoms with E-state index in [2.05, 4.69) is 25.6 Å². The maximum atomic E-state index is 11.7. The molecule has 1 aliphatic heterocycles. The molecule has 1 saturated heterocycles. The summed E-state index contributed by atoms with van der Waals surface area (Å²) in [6.07, 6.45) is 0.518. The number of methoxy groups -OCH3 is 1. The fourth-order valence-corrected chi connectivity index (χ4v) is 2.14. The number of fused-ring (bicyclic) bond motifs is 1. The van der Waals surface area contributed by atoms with Gasteiger partial charge in [-0.3, -0.25) is 4.79 Å². The first-order valence-electron chi connectivity index (χ1n) is 6.17. The van der Waals surface area contributed by atoms with Crippen LogP contribution in [0.25, 0.3) is 11.2 Å². The fourth-order valence-electron chi connectivity index (χ4n) is 2.14. The van der Waals surface area contributed by atoms with Crippen LogP contribution in [0.2, 0.25) is 0 Å². The van der Waals surface area contributed by atoms with Crippen LogP contribution in [0.5, 0.6) is 5.88 Å². The predicted octanol–water partition coefficient (Wildman–Crippen LogP) is -0.403. The Morgan fingerprint density at radius 3 is 3.05 bits per heavy atom. The number of nitrogens with zero attached hydrogens (tertiary/aromatic N) is 2. The van der Waals surface area contributed by atoms with Gasteiger partial charge in [0.15, 0.2) is 5.65 Å². The number of aromatic nitrogens is 3. The van der Waals surface area contributed by atoms with Crippen molar-refractivity contribution in [3.05, 3.63) is 18.0 Å². The molecule has 1 aliphatic rings. The van der Waals surface area contributed by atoms with Crippen LogP contribution in [0.1, 0.15) is 5.82 Å². The Labute approximate surface area is 109 Å². The van der Waals surface area contributed by atoms with Gasteiger partial charge in [0, 0.05) is 25.6 Å². The summed E-state index contributed by atoms with van der Waals surface area (Å²) in [7, 11) is 1.57. The van der Waals surface area contributed by atoms with Crippen molar-refractivity contribution >= 4 is 17.1 Å². The molecule has 3 N–H and O–H groups in total. The standard InChI is InChI=1S/C12H15N5O2/c1-19-10-3-2-7-11(17-10)16-9(15-7)6-8-12(18)14-5-4-13-8/h2-3,8,13H,4-6H2,1H3,(H,14,18)(H,15,16,17). The van der Waals surface area contributed by atoms with E-state index in [9.17, 15) is 4.79 Å². The number of rotatable bonds is 3. The van der Waals surface area contributed by atoms with Crippen LogP contribution in [0.3, 0.4) is 0 Å². The van der Waals surface area contributed by atoms with Gasteiger partial charge in [0.05, 0.1) is 18.7 Å². The lowest BCUT2D eigenvalue weighted by Crippen LogP contribution is -2.53. The van der Waals surface area contributed by atoms with Crippen LogP contribution >= 0.6 is 0 Å². The summed E-state index contributed by atoms with van der Waals surface area (Å²) in [5.74, 6) is 1.28. The van der Waals surface area contributed by atoms with Crippen molar-refractivity contribution < 1.29 is 9.53 Å². The number of carbonyl (C=O) groups is 1. The van der Waals surface area contributed by atoms with E-state index in [-0.39, 0.29) is 11.9 Å². The first kappa shape index (κ1) is 11.9. The van der Waals surface area contributed by atoms with Crippen molar-refractivity contribution in [3.8, 4) is 5.88 Å². The van der Waals surface area contributed by atoms with Crippen LogP contribution in [-0.2, 0) is 11.2 Å². The van der Waals surface area contributed by atoms with E-state index in [4.69, 9.17) is 4.74 Å². The molecular weight excluding hydrogens is 246 g/mol. The lowest BCUT2D eigenvalue weighted by molar-refractivity contribution is -0.124. The van der Waals surface area contributed by atoms with Crippen LogP contribution < -0.4 is 15.4 Å². The number of H-pyrrole nitrogens is 1. The van der Waals surface area contributed by atoms with Gasteiger partial charge < -0.3 is 20.4 Å². The molecule has 0 aliphatic carbocycles. The molecule has 2 aromatic heterocycles. The average Bonchev–Trinajstić information content (AvgIpc) is 2.82. The number of nitrogens with one attached hydrogen (secondary N) is 3. The highest BCUT2D eigenvalue weighted by atomic mass is 16.5. The third kappa shape index (κ3) is 2.37. The Kier molecular flexibility index (Phi) is 3.04. The molecule has 0 saturated carbocycles. The molecule has 0 aromatic carbocycles. The number of carbonyl (C=O) groups excluding carboxylic acids is 1. The van der Waals surface area contributed by atoms with Crippen molar-refractivity contribution in [1.29, 1.82) is 0 Å². The summed E-state index contributed by atoms with van der Waals surface area (Å²) in [6, 6.07) is 3.40. The van der Waals surface area contributed by atoms with Gasteiger partial charge in [0.25, 0.3) is 0 Å². The van der Waals surface area contributed by atoms with Gasteiger partial charge in [-0.15, -0.1) is 0 Å². The maximum absolute atomic E-state index is 11.7. The molecule has 0 bridgehead atoms. The van der Waals surface area contributed by atoms with E-state index < -0.39 is 0 Å². The molecule has 1 amide bonds. The van der Waals surface area contributed by atoms with Crippen LogP contribution in [0.4, 0.5) is 0 Å². The Balaban J connectivity index is 1.82. The van der Waals surface area contributed by atoms with E-state index in [1.54, 1.807) is 13.2 Å². The van der Waals surface area contributed by atoms with Crippen molar-refractivity contribution in [2.75, 3.05) is 20.2 Å². The third-order valence-electron chi connectivity index (χ3n) is 3.11. The second-order valence-corrected chi connectivity index (χ2v) is 4.41. The van der Waals surface area contributed by atoms with Gasteiger partial charge >= 0.3 is 0 Å². The van der Waals surface area contributed by atoms with E-state index in [0.29, 0.717) is 24.5 Å². The minimum absolute atomic E-state index is 0.0113. The number of amides is 1. The maximum Gasteiger partial charge on any atom is 0.237 e. The van der Waals surface area contributed by atoms with E-state index in [0.717, 1.165) is 17.9 Å². The Morgan fingerprint density at radius 2 is 2.26 bits per heavy atom. The minimum Gasteiger partial charge on any atom is -0.481 e. The number of hydrogen-bond acceptors (Lipinski definition) is 5. The Bertz CT molecular complexity index is 609. The normalized spacial score (nSPS) is 19.4. The molecular formula is C12H15N5O2. The summed E-state index contributed by atoms with van der Waals surface area (Å²) in [5, 5.41) is 5.99. The molecule has 19 heavy (non-hydrogen) atoms. The number of hydrogen-bond donors (Lipinski definition) is 3. The zero-order valence-corrected chi connectivity index (χ0v) is 10.6. The second-order valence-electron chi connectivity index (χ2n) is 4.41. The van der Waals surface area contributed by atoms with E-state index >= 15 is 0 Å². The van der Waals surface area contributed by atoms with Gasteiger partial charge in [-0.2, -0.15) is 4.98 Å². The molecule has 0 radical (unpaired) electrons. The van der Waals surface area contributed by atoms with Crippen LogP contribution in [0.15, 0.2) is 12.1 Å². The van der Waals surface area contributed by atoms with Gasteiger partial charge in [-0.25, -0.2) is 4.98 Å². The molecule has 3 rings (SSSR count). The lowest BCUT2D eigenvalue weighted by atomic mass is 10.1. The number of ether oxygens (including phenoxy) is 1. The molecule has 3 heterocycles. The third-order valence-corrected chi connectivity index (χ3v) is 3.11. The zero-order valence-electron chi connectivity index (χ0n) is 10.6. The molecule has 7 heteroatoms. The average molecular weight is 261 g/mol. The highest BCUT2D eigenvalue weighted by Crippen LogP contribution is 2.15. The quantitative estimate of drug-likeness (QED) is 0.699. The molecule has 7 nitrogen and oxygen atoms in total. The first-order valence-corrected chi connectivity index (χ1v) is 6.17. The lowest BCUT2D eigenvalue weighted by Gasteiger charge is -2.22. The van der Waals surface area contributed by atoms with Gasteiger partial charge in [0.2, 0.25) is 11.8 Å². The van der Waals surface area contributed by atoms with Crippen LogP contribution in [0, 0.1) is 0 Å². The highest BCUT2D eigenvalue weighted by molar-refractivity contribution is 5.82. The molecule has 100 valence electrons. The largest absolute Gasteiger partial charge is 0.481 e. The molecule has 1 unspecified atom stereocenters. The van der Waals surface area contributed by atoms with Crippen molar-refractivity contribution in [3.63, 3.8) is 0 Å². The summed E-state index contributed by atoms with van der Waals surface area (Å²) < 4.78 is 5.06. The number of piperazine rings is 1. The van der Waals surface area contributed by atoms with Crippen molar-refractivity contribution in [2.45, 2.75) is 12.5 Å². The summed E-state index contributed by atoms with van der Waals surface area (Å²) in [6.45, 7) is 1.46. The minimum atomic E-state index is -0.240. The number of aromatic amines is 1. The monoisotopic (exact) mass is 261 g/mol. The van der Waals surface area contributed by atoms with E-state index in [1.807, 2.05) is 6.07 Å². The SMILES string of the molecule is COc1ccc2[nH]c(CC3NCCNC3=O)nc2n1. The van der Waals surface area contributed by atoms with Gasteiger partial charge in [-0.1, -0.05) is 0 Å². The second kappa shape index (κ2) is 4.85. The van der Waals surface area contributed by atoms with Gasteiger partial charge in [0.1, 0.15) is 5.82 Å². The summed E-state index contributed by atoms with van der Waals surface area (Å²) >= 11 is 0. The Morgan fingerprint density at radius 1 is 1.37 bits per heavy atom. The van der Waals surface area contributed by atoms with Crippen molar-refractivity contribution in [1.82, 2.24) is 25.6 Å². The summed E-state index contributed by atoms with van der Waals surface area (Å²) in [4.78, 5) is 23.5. The molecule has 0 spiro atoms. The summed E-state index contributed by atoms with van der Waals surface area (Å²) in [5.41, 5.74) is 1.44. The first-order chi connectivity index (χ1) is 9.26. The van der Waals surface area contributed by atoms with E-state index in [1.165, 1.54) is 0 Å². The highest BCUT2D eigenvalue weighted by Gasteiger charge is 2.22. The van der Waals surface area contributed by atoms with Crippen LogP contribution in [-0.4, -0.2) is 47.1 Å². The van der Waals surface area contributed by atoms with Crippen molar-refractivity contribution in [2.24, 2.45) is 0 Å². The topological polar surface area (TPSA) is 91.9 Å². The molecule has 2 aromatic rings. The number of imidazole rings is 1. The molecule has 1 atom stereocenters. The van der Waals surface area contributed by atoms with Gasteiger partial charge in [-0.05, 0) is 6.07 Å². The smallest absolute Gasteiger partial charge is 0.237 e. The predicted molar refractivity (Wildman–Crippen MR) is 68.9 cm³/mol. The zero-order chi connectivity index (χ0) is 13.2. The Hall–Kier alpha value is -2.15.